The van der Waals surface area contributed by atoms with Crippen molar-refractivity contribution in [3.05, 3.63) is 23.3 Å². The molecule has 0 unspecified atom stereocenters. The molecule has 2 rings (SSSR count). The zero-order chi connectivity index (χ0) is 11.9. The number of hydrogen-bond donors (Lipinski definition) is 2. The minimum atomic E-state index is -1.02. The molecular weight excluding hydrogens is 208 g/mol. The number of carboxylic acid groups (broad SMARTS) is 1. The predicted molar refractivity (Wildman–Crippen MR) is 57.2 cm³/mol. The lowest BCUT2D eigenvalue weighted by molar-refractivity contribution is 0.0691. The van der Waals surface area contributed by atoms with Crippen molar-refractivity contribution in [3.8, 4) is 11.4 Å². The average Bonchev–Trinajstić information content (AvgIpc) is 2.74. The van der Waals surface area contributed by atoms with E-state index in [1.807, 2.05) is 20.9 Å². The molecule has 0 radical (unpaired) electrons. The summed E-state index contributed by atoms with van der Waals surface area (Å²) in [5.41, 5.74) is 2.71. The maximum atomic E-state index is 10.7. The monoisotopic (exact) mass is 220 g/mol. The fraction of sp³-hybridized carbons (Fsp3) is 0.300. The highest BCUT2D eigenvalue weighted by Gasteiger charge is 2.16. The van der Waals surface area contributed by atoms with Gasteiger partial charge in [0, 0.05) is 12.7 Å². The summed E-state index contributed by atoms with van der Waals surface area (Å²) in [7, 11) is 1.84. The van der Waals surface area contributed by atoms with E-state index in [9.17, 15) is 4.79 Å². The number of aromatic amines is 1. The number of nitrogens with one attached hydrogen (secondary N) is 1. The van der Waals surface area contributed by atoms with Crippen LogP contribution >= 0.6 is 0 Å². The molecule has 0 aliphatic heterocycles. The van der Waals surface area contributed by atoms with Crippen molar-refractivity contribution in [1.82, 2.24) is 19.7 Å². The summed E-state index contributed by atoms with van der Waals surface area (Å²) in [4.78, 5) is 17.5. The number of H-pyrrole nitrogens is 1. The van der Waals surface area contributed by atoms with Gasteiger partial charge in [-0.05, 0) is 13.8 Å². The predicted octanol–water partition coefficient (Wildman–Crippen LogP) is 1.13. The molecule has 0 aliphatic rings. The van der Waals surface area contributed by atoms with Crippen LogP contribution in [-0.2, 0) is 7.05 Å². The van der Waals surface area contributed by atoms with E-state index >= 15 is 0 Å². The first-order chi connectivity index (χ1) is 7.50. The smallest absolute Gasteiger partial charge is 0.353 e. The van der Waals surface area contributed by atoms with Crippen LogP contribution in [0.3, 0.4) is 0 Å². The summed E-state index contributed by atoms with van der Waals surface area (Å²) >= 11 is 0. The van der Waals surface area contributed by atoms with Crippen LogP contribution in [0.5, 0.6) is 0 Å². The van der Waals surface area contributed by atoms with E-state index in [4.69, 9.17) is 5.11 Å². The third-order valence-corrected chi connectivity index (χ3v) is 2.55. The molecule has 0 aromatic carbocycles. The highest BCUT2D eigenvalue weighted by atomic mass is 16.4. The molecule has 84 valence electrons. The Labute approximate surface area is 91.9 Å². The van der Waals surface area contributed by atoms with E-state index in [1.165, 1.54) is 6.20 Å². The maximum Gasteiger partial charge on any atom is 0.353 e. The summed E-state index contributed by atoms with van der Waals surface area (Å²) in [6, 6.07) is 0. The van der Waals surface area contributed by atoms with E-state index in [2.05, 4.69) is 15.1 Å². The van der Waals surface area contributed by atoms with Crippen molar-refractivity contribution < 1.29 is 9.90 Å². The van der Waals surface area contributed by atoms with E-state index in [1.54, 1.807) is 4.68 Å². The fourth-order valence-corrected chi connectivity index (χ4v) is 1.67. The Bertz CT molecular complexity index is 553. The van der Waals surface area contributed by atoms with Crippen LogP contribution in [0.15, 0.2) is 6.20 Å². The first-order valence-electron chi connectivity index (χ1n) is 4.79. The van der Waals surface area contributed by atoms with Crippen LogP contribution in [0.25, 0.3) is 11.4 Å². The van der Waals surface area contributed by atoms with Gasteiger partial charge >= 0.3 is 5.97 Å². The normalized spacial score (nSPS) is 10.7. The number of aryl methyl sites for hydroxylation is 2. The second kappa shape index (κ2) is 3.48. The number of carboxylic acids is 1. The SMILES string of the molecule is Cc1nn(C)c(C)c1-c1ncc(C(=O)O)[nH]1. The Morgan fingerprint density at radius 2 is 2.19 bits per heavy atom. The molecule has 0 spiro atoms. The number of carbonyl (C=O) groups is 1. The number of aromatic nitrogens is 4. The Hall–Kier alpha value is -2.11. The number of hydrogen-bond acceptors (Lipinski definition) is 3. The van der Waals surface area contributed by atoms with Gasteiger partial charge in [0.2, 0.25) is 0 Å². The zero-order valence-corrected chi connectivity index (χ0v) is 9.27. The molecule has 0 saturated heterocycles. The zero-order valence-electron chi connectivity index (χ0n) is 9.27. The maximum absolute atomic E-state index is 10.7. The molecule has 0 aliphatic carbocycles. The molecule has 0 bridgehead atoms. The van der Waals surface area contributed by atoms with Crippen LogP contribution in [0.1, 0.15) is 21.9 Å². The van der Waals surface area contributed by atoms with Crippen molar-refractivity contribution in [3.63, 3.8) is 0 Å². The molecule has 0 atom stereocenters. The van der Waals surface area contributed by atoms with Gasteiger partial charge in [0.05, 0.1) is 17.5 Å². The summed E-state index contributed by atoms with van der Waals surface area (Å²) in [6.45, 7) is 3.78. The Morgan fingerprint density at radius 1 is 1.50 bits per heavy atom. The Balaban J connectivity index is 2.54. The Kier molecular flexibility index (Phi) is 2.26. The number of rotatable bonds is 2. The van der Waals surface area contributed by atoms with Crippen LogP contribution in [0.2, 0.25) is 0 Å². The van der Waals surface area contributed by atoms with Crippen molar-refractivity contribution in [1.29, 1.82) is 0 Å². The van der Waals surface area contributed by atoms with Crippen LogP contribution in [0.4, 0.5) is 0 Å². The number of imidazole rings is 1. The second-order valence-electron chi connectivity index (χ2n) is 3.62. The molecule has 2 aromatic rings. The Morgan fingerprint density at radius 3 is 2.62 bits per heavy atom. The average molecular weight is 220 g/mol. The van der Waals surface area contributed by atoms with E-state index in [-0.39, 0.29) is 5.69 Å². The third-order valence-electron chi connectivity index (χ3n) is 2.55. The topological polar surface area (TPSA) is 83.8 Å². The summed E-state index contributed by atoms with van der Waals surface area (Å²) < 4.78 is 1.74. The molecule has 2 aromatic heterocycles. The van der Waals surface area contributed by atoms with Crippen LogP contribution < -0.4 is 0 Å². The summed E-state index contributed by atoms with van der Waals surface area (Å²) in [6.07, 6.45) is 1.31. The second-order valence-corrected chi connectivity index (χ2v) is 3.62. The van der Waals surface area contributed by atoms with Crippen molar-refractivity contribution in [2.45, 2.75) is 13.8 Å². The highest BCUT2D eigenvalue weighted by molar-refractivity contribution is 5.86. The van der Waals surface area contributed by atoms with Crippen molar-refractivity contribution in [2.75, 3.05) is 0 Å². The van der Waals surface area contributed by atoms with Crippen molar-refractivity contribution >= 4 is 5.97 Å². The summed E-state index contributed by atoms with van der Waals surface area (Å²) in [5.74, 6) is -0.474. The molecular formula is C10H12N4O2. The molecule has 16 heavy (non-hydrogen) atoms. The standard InChI is InChI=1S/C10H12N4O2/c1-5-8(6(2)14(3)13-5)9-11-4-7(12-9)10(15)16/h4H,1-3H3,(H,11,12)(H,15,16). The van der Waals surface area contributed by atoms with Gasteiger partial charge in [0.25, 0.3) is 0 Å². The quantitative estimate of drug-likeness (QED) is 0.794. The van der Waals surface area contributed by atoms with Gasteiger partial charge in [-0.2, -0.15) is 5.10 Å². The molecule has 0 saturated carbocycles. The minimum absolute atomic E-state index is 0.0812. The lowest BCUT2D eigenvalue weighted by Crippen LogP contribution is -1.96. The number of aromatic carboxylic acids is 1. The molecule has 0 fully saturated rings. The van der Waals surface area contributed by atoms with Gasteiger partial charge in [-0.3, -0.25) is 4.68 Å². The number of nitrogens with zero attached hydrogens (tertiary/aromatic N) is 3. The van der Waals surface area contributed by atoms with Gasteiger partial charge < -0.3 is 10.1 Å². The molecule has 6 nitrogen and oxygen atoms in total. The van der Waals surface area contributed by atoms with Gasteiger partial charge in [-0.1, -0.05) is 0 Å². The summed E-state index contributed by atoms with van der Waals surface area (Å²) in [5, 5.41) is 13.0. The van der Waals surface area contributed by atoms with Crippen molar-refractivity contribution in [2.24, 2.45) is 7.05 Å². The molecule has 2 N–H and O–H groups in total. The molecule has 2 heterocycles. The van der Waals surface area contributed by atoms with Crippen LogP contribution in [0, 0.1) is 13.8 Å². The van der Waals surface area contributed by atoms with Gasteiger partial charge in [-0.15, -0.1) is 0 Å². The van der Waals surface area contributed by atoms with E-state index in [0.29, 0.717) is 5.82 Å². The van der Waals surface area contributed by atoms with Gasteiger partial charge in [0.15, 0.2) is 0 Å². The largest absolute Gasteiger partial charge is 0.477 e. The van der Waals surface area contributed by atoms with E-state index < -0.39 is 5.97 Å². The van der Waals surface area contributed by atoms with Gasteiger partial charge in [-0.25, -0.2) is 9.78 Å². The molecule has 0 amide bonds. The minimum Gasteiger partial charge on any atom is -0.477 e. The lowest BCUT2D eigenvalue weighted by atomic mass is 10.2. The first kappa shape index (κ1) is 10.4. The van der Waals surface area contributed by atoms with Gasteiger partial charge in [0.1, 0.15) is 11.5 Å². The van der Waals surface area contributed by atoms with Crippen LogP contribution in [-0.4, -0.2) is 30.8 Å². The first-order valence-corrected chi connectivity index (χ1v) is 4.79. The van der Waals surface area contributed by atoms with E-state index in [0.717, 1.165) is 17.0 Å². The lowest BCUT2D eigenvalue weighted by Gasteiger charge is -1.97. The molecule has 6 heteroatoms. The third kappa shape index (κ3) is 1.48. The fourth-order valence-electron chi connectivity index (χ4n) is 1.67. The highest BCUT2D eigenvalue weighted by Crippen LogP contribution is 2.23.